The first-order valence-electron chi connectivity index (χ1n) is 9.44. The van der Waals surface area contributed by atoms with Gasteiger partial charge in [-0.15, -0.1) is 0 Å². The lowest BCUT2D eigenvalue weighted by Gasteiger charge is -2.52. The average molecular weight is 370 g/mol. The molecular formula is C22H24ClNO2. The van der Waals surface area contributed by atoms with Gasteiger partial charge in [-0.25, -0.2) is 0 Å². The zero-order valence-corrected chi connectivity index (χ0v) is 15.5. The summed E-state index contributed by atoms with van der Waals surface area (Å²) in [7, 11) is 0. The summed E-state index contributed by atoms with van der Waals surface area (Å²) >= 11 is 6.08. The number of hydrogen-bond acceptors (Lipinski definition) is 2. The molecule has 3 nitrogen and oxygen atoms in total. The Morgan fingerprint density at radius 3 is 2.62 bits per heavy atom. The number of carbonyl (C=O) groups excluding carboxylic acids is 1. The molecule has 4 rings (SSSR count). The molecular weight excluding hydrogens is 346 g/mol. The van der Waals surface area contributed by atoms with Crippen molar-refractivity contribution in [2.24, 2.45) is 5.92 Å². The number of piperidine rings is 1. The summed E-state index contributed by atoms with van der Waals surface area (Å²) in [5.74, 6) is 0.107. The fourth-order valence-corrected chi connectivity index (χ4v) is 5.00. The Morgan fingerprint density at radius 2 is 1.85 bits per heavy atom. The molecule has 0 radical (unpaired) electrons. The van der Waals surface area contributed by atoms with Crippen LogP contribution in [0.5, 0.6) is 0 Å². The number of benzene rings is 2. The van der Waals surface area contributed by atoms with Crippen LogP contribution in [-0.4, -0.2) is 28.5 Å². The van der Waals surface area contributed by atoms with Crippen LogP contribution in [0.2, 0.25) is 5.02 Å². The van der Waals surface area contributed by atoms with Crippen LogP contribution in [0.1, 0.15) is 48.0 Å². The second-order valence-corrected chi connectivity index (χ2v) is 7.94. The van der Waals surface area contributed by atoms with Crippen molar-refractivity contribution >= 4 is 17.5 Å². The predicted molar refractivity (Wildman–Crippen MR) is 103 cm³/mol. The SMILES string of the molecule is O=C(c1cccc(Cl)c1)N1CCC(O)(c2ccccc2)[C@H]2CCCC[C@H]21. The summed E-state index contributed by atoms with van der Waals surface area (Å²) in [6.45, 7) is 0.567. The second-order valence-electron chi connectivity index (χ2n) is 7.51. The highest BCUT2D eigenvalue weighted by atomic mass is 35.5. The fourth-order valence-electron chi connectivity index (χ4n) is 4.81. The van der Waals surface area contributed by atoms with Gasteiger partial charge < -0.3 is 10.0 Å². The van der Waals surface area contributed by atoms with E-state index in [0.717, 1.165) is 31.2 Å². The Bertz CT molecular complexity index is 794. The van der Waals surface area contributed by atoms with Gasteiger partial charge in [0.05, 0.1) is 5.60 Å². The standard InChI is InChI=1S/C22H24ClNO2/c23-18-10-6-7-16(15-18)21(25)24-14-13-22(26,17-8-2-1-3-9-17)19-11-4-5-12-20(19)24/h1-3,6-10,15,19-20,26H,4-5,11-14H2/t19-,20+,22?/m0/s1. The van der Waals surface area contributed by atoms with Crippen molar-refractivity contribution in [3.63, 3.8) is 0 Å². The van der Waals surface area contributed by atoms with Crippen molar-refractivity contribution in [3.05, 3.63) is 70.7 Å². The van der Waals surface area contributed by atoms with Crippen molar-refractivity contribution in [1.29, 1.82) is 0 Å². The normalized spacial score (nSPS) is 28.5. The third-order valence-electron chi connectivity index (χ3n) is 6.08. The molecule has 1 aliphatic heterocycles. The highest BCUT2D eigenvalue weighted by Gasteiger charge is 2.50. The molecule has 0 bridgehead atoms. The molecule has 0 aromatic heterocycles. The van der Waals surface area contributed by atoms with Gasteiger partial charge in [0, 0.05) is 29.1 Å². The van der Waals surface area contributed by atoms with E-state index in [4.69, 9.17) is 11.6 Å². The Balaban J connectivity index is 1.66. The summed E-state index contributed by atoms with van der Waals surface area (Å²) < 4.78 is 0. The molecule has 1 aliphatic carbocycles. The van der Waals surface area contributed by atoms with Gasteiger partial charge in [-0.3, -0.25) is 4.79 Å². The Hall–Kier alpha value is -1.84. The van der Waals surface area contributed by atoms with Crippen LogP contribution in [0.4, 0.5) is 0 Å². The van der Waals surface area contributed by atoms with Crippen LogP contribution in [0, 0.1) is 5.92 Å². The van der Waals surface area contributed by atoms with Gasteiger partial charge in [0.1, 0.15) is 0 Å². The van der Waals surface area contributed by atoms with Gasteiger partial charge in [0.15, 0.2) is 0 Å². The summed E-state index contributed by atoms with van der Waals surface area (Å²) in [4.78, 5) is 15.1. The number of aliphatic hydroxyl groups is 1. The van der Waals surface area contributed by atoms with E-state index in [1.807, 2.05) is 47.4 Å². The maximum atomic E-state index is 13.1. The summed E-state index contributed by atoms with van der Waals surface area (Å²) in [6, 6.07) is 17.2. The van der Waals surface area contributed by atoms with Crippen LogP contribution in [0.15, 0.2) is 54.6 Å². The number of fused-ring (bicyclic) bond motifs is 1. The van der Waals surface area contributed by atoms with E-state index in [0.29, 0.717) is 23.6 Å². The van der Waals surface area contributed by atoms with Gasteiger partial charge in [-0.2, -0.15) is 0 Å². The van der Waals surface area contributed by atoms with E-state index in [1.54, 1.807) is 12.1 Å². The first-order chi connectivity index (χ1) is 12.6. The number of amides is 1. The Labute approximate surface area is 159 Å². The van der Waals surface area contributed by atoms with E-state index in [1.165, 1.54) is 0 Å². The third-order valence-corrected chi connectivity index (χ3v) is 6.32. The zero-order valence-electron chi connectivity index (χ0n) is 14.8. The molecule has 2 aromatic carbocycles. The molecule has 1 unspecified atom stereocenters. The van der Waals surface area contributed by atoms with Crippen molar-refractivity contribution in [2.75, 3.05) is 6.54 Å². The molecule has 1 heterocycles. The average Bonchev–Trinajstić information content (AvgIpc) is 2.69. The number of halogens is 1. The largest absolute Gasteiger partial charge is 0.385 e. The molecule has 4 heteroatoms. The molecule has 26 heavy (non-hydrogen) atoms. The lowest BCUT2D eigenvalue weighted by atomic mass is 9.66. The summed E-state index contributed by atoms with van der Waals surface area (Å²) in [5.41, 5.74) is 0.760. The van der Waals surface area contributed by atoms with Crippen molar-refractivity contribution in [1.82, 2.24) is 4.90 Å². The number of carbonyl (C=O) groups is 1. The van der Waals surface area contributed by atoms with Crippen molar-refractivity contribution in [2.45, 2.75) is 43.7 Å². The third kappa shape index (κ3) is 3.04. The monoisotopic (exact) mass is 369 g/mol. The molecule has 3 atom stereocenters. The minimum Gasteiger partial charge on any atom is -0.385 e. The maximum Gasteiger partial charge on any atom is 0.254 e. The Kier molecular flexibility index (Phi) is 4.76. The van der Waals surface area contributed by atoms with Crippen LogP contribution < -0.4 is 0 Å². The molecule has 2 aromatic rings. The molecule has 2 fully saturated rings. The van der Waals surface area contributed by atoms with Crippen molar-refractivity contribution in [3.8, 4) is 0 Å². The van der Waals surface area contributed by atoms with Crippen LogP contribution in [-0.2, 0) is 5.60 Å². The number of likely N-dealkylation sites (tertiary alicyclic amines) is 1. The van der Waals surface area contributed by atoms with Crippen LogP contribution >= 0.6 is 11.6 Å². The Morgan fingerprint density at radius 1 is 1.08 bits per heavy atom. The van der Waals surface area contributed by atoms with E-state index >= 15 is 0 Å². The number of rotatable bonds is 2. The molecule has 0 spiro atoms. The molecule has 136 valence electrons. The lowest BCUT2D eigenvalue weighted by molar-refractivity contribution is -0.110. The smallest absolute Gasteiger partial charge is 0.254 e. The molecule has 1 saturated carbocycles. The fraction of sp³-hybridized carbons (Fsp3) is 0.409. The first kappa shape index (κ1) is 17.6. The van der Waals surface area contributed by atoms with Crippen LogP contribution in [0.25, 0.3) is 0 Å². The van der Waals surface area contributed by atoms with E-state index in [-0.39, 0.29) is 17.9 Å². The minimum atomic E-state index is -0.850. The topological polar surface area (TPSA) is 40.5 Å². The van der Waals surface area contributed by atoms with E-state index < -0.39 is 5.60 Å². The molecule has 1 amide bonds. The van der Waals surface area contributed by atoms with Gasteiger partial charge in [-0.05, 0) is 43.0 Å². The highest BCUT2D eigenvalue weighted by Crippen LogP contribution is 2.47. The number of hydrogen-bond donors (Lipinski definition) is 1. The first-order valence-corrected chi connectivity index (χ1v) is 9.82. The predicted octanol–water partition coefficient (Wildman–Crippen LogP) is 4.63. The van der Waals surface area contributed by atoms with E-state index in [9.17, 15) is 9.90 Å². The number of nitrogens with zero attached hydrogens (tertiary/aromatic N) is 1. The molecule has 2 aliphatic rings. The maximum absolute atomic E-state index is 13.1. The van der Waals surface area contributed by atoms with Crippen molar-refractivity contribution < 1.29 is 9.90 Å². The lowest BCUT2D eigenvalue weighted by Crippen LogP contribution is -2.58. The van der Waals surface area contributed by atoms with Gasteiger partial charge in [0.2, 0.25) is 0 Å². The summed E-state index contributed by atoms with van der Waals surface area (Å²) in [5, 5.41) is 12.2. The summed E-state index contributed by atoms with van der Waals surface area (Å²) in [6.07, 6.45) is 4.69. The molecule has 1 saturated heterocycles. The quantitative estimate of drug-likeness (QED) is 0.838. The highest BCUT2D eigenvalue weighted by molar-refractivity contribution is 6.30. The van der Waals surface area contributed by atoms with E-state index in [2.05, 4.69) is 0 Å². The van der Waals surface area contributed by atoms with Gasteiger partial charge >= 0.3 is 0 Å². The van der Waals surface area contributed by atoms with Crippen LogP contribution in [0.3, 0.4) is 0 Å². The van der Waals surface area contributed by atoms with Gasteiger partial charge in [0.25, 0.3) is 5.91 Å². The second kappa shape index (κ2) is 7.05. The minimum absolute atomic E-state index is 0.0273. The zero-order chi connectivity index (χ0) is 18.1. The molecule has 1 N–H and O–H groups in total. The van der Waals surface area contributed by atoms with Gasteiger partial charge in [-0.1, -0.05) is 60.8 Å².